The molecule has 4 rings (SSSR count). The molecule has 0 unspecified atom stereocenters. The summed E-state index contributed by atoms with van der Waals surface area (Å²) in [6.45, 7) is 11.4. The van der Waals surface area contributed by atoms with Crippen molar-refractivity contribution in [3.63, 3.8) is 0 Å². The minimum atomic E-state index is 0.0143. The summed E-state index contributed by atoms with van der Waals surface area (Å²) >= 11 is 1.60. The Morgan fingerprint density at radius 1 is 1.14 bits per heavy atom. The Labute approximate surface area is 175 Å². The molecule has 3 aromatic heterocycles. The van der Waals surface area contributed by atoms with Crippen LogP contribution in [0.4, 0.5) is 10.9 Å². The molecule has 0 bridgehead atoms. The molecule has 0 radical (unpaired) electrons. The molecule has 0 amide bonds. The van der Waals surface area contributed by atoms with Gasteiger partial charge < -0.3 is 9.88 Å². The van der Waals surface area contributed by atoms with Crippen molar-refractivity contribution in [2.75, 3.05) is 5.32 Å². The average Bonchev–Trinajstić information content (AvgIpc) is 3.41. The number of benzene rings is 1. The molecule has 3 heterocycles. The highest BCUT2D eigenvalue weighted by Gasteiger charge is 2.20. The Morgan fingerprint density at radius 2 is 1.90 bits per heavy atom. The third-order valence-corrected chi connectivity index (χ3v) is 5.52. The SMILES string of the molecule is CCn1nc(C(C)(C)C)cc1Nc1nc(-c2ccc(-n3cnc(C)c3)cc2)cs1. The van der Waals surface area contributed by atoms with Crippen LogP contribution in [0.5, 0.6) is 0 Å². The van der Waals surface area contributed by atoms with E-state index in [0.29, 0.717) is 0 Å². The van der Waals surface area contributed by atoms with Gasteiger partial charge in [-0.25, -0.2) is 14.6 Å². The predicted molar refractivity (Wildman–Crippen MR) is 119 cm³/mol. The monoisotopic (exact) mass is 406 g/mol. The smallest absolute Gasteiger partial charge is 0.188 e. The van der Waals surface area contributed by atoms with Crippen molar-refractivity contribution in [2.24, 2.45) is 0 Å². The molecule has 0 saturated heterocycles. The number of anilines is 2. The lowest BCUT2D eigenvalue weighted by molar-refractivity contribution is 0.542. The van der Waals surface area contributed by atoms with E-state index in [9.17, 15) is 0 Å². The van der Waals surface area contributed by atoms with Gasteiger partial charge in [0.25, 0.3) is 0 Å². The molecular weight excluding hydrogens is 380 g/mol. The number of aromatic nitrogens is 5. The van der Waals surface area contributed by atoms with Crippen molar-refractivity contribution < 1.29 is 0 Å². The molecule has 29 heavy (non-hydrogen) atoms. The van der Waals surface area contributed by atoms with E-state index in [1.165, 1.54) is 0 Å². The number of hydrogen-bond acceptors (Lipinski definition) is 5. The molecule has 150 valence electrons. The molecule has 0 aliphatic heterocycles. The van der Waals surface area contributed by atoms with Crippen LogP contribution >= 0.6 is 11.3 Å². The minimum Gasteiger partial charge on any atom is -0.316 e. The first-order valence-electron chi connectivity index (χ1n) is 9.76. The van der Waals surface area contributed by atoms with Gasteiger partial charge in [0.15, 0.2) is 5.13 Å². The lowest BCUT2D eigenvalue weighted by atomic mass is 9.92. The van der Waals surface area contributed by atoms with E-state index < -0.39 is 0 Å². The summed E-state index contributed by atoms with van der Waals surface area (Å²) in [6.07, 6.45) is 3.85. The van der Waals surface area contributed by atoms with Crippen molar-refractivity contribution in [1.29, 1.82) is 0 Å². The van der Waals surface area contributed by atoms with Crippen molar-refractivity contribution in [1.82, 2.24) is 24.3 Å². The van der Waals surface area contributed by atoms with E-state index in [1.807, 2.05) is 28.7 Å². The fourth-order valence-corrected chi connectivity index (χ4v) is 3.79. The lowest BCUT2D eigenvalue weighted by Gasteiger charge is -2.13. The van der Waals surface area contributed by atoms with Gasteiger partial charge in [-0.05, 0) is 26.0 Å². The van der Waals surface area contributed by atoms with Crippen LogP contribution in [0.1, 0.15) is 39.1 Å². The first-order chi connectivity index (χ1) is 13.8. The Hall–Kier alpha value is -2.93. The molecule has 0 atom stereocenters. The minimum absolute atomic E-state index is 0.0143. The average molecular weight is 407 g/mol. The number of nitrogens with one attached hydrogen (secondary N) is 1. The van der Waals surface area contributed by atoms with E-state index in [-0.39, 0.29) is 5.41 Å². The third kappa shape index (κ3) is 4.10. The van der Waals surface area contributed by atoms with E-state index >= 15 is 0 Å². The van der Waals surface area contributed by atoms with Crippen LogP contribution in [0.2, 0.25) is 0 Å². The van der Waals surface area contributed by atoms with Gasteiger partial charge in [0.05, 0.1) is 23.4 Å². The zero-order chi connectivity index (χ0) is 20.6. The first kappa shape index (κ1) is 19.4. The molecule has 4 aromatic rings. The molecular formula is C22H26N6S. The standard InChI is InChI=1S/C22H26N6S/c1-6-28-20(11-19(26-28)22(3,4)5)25-21-24-18(13-29-21)16-7-9-17(10-8-16)27-12-15(2)23-14-27/h7-14H,6H2,1-5H3,(H,24,25). The van der Waals surface area contributed by atoms with Crippen LogP contribution in [0.25, 0.3) is 16.9 Å². The van der Waals surface area contributed by atoms with Crippen LogP contribution in [-0.4, -0.2) is 24.3 Å². The van der Waals surface area contributed by atoms with Gasteiger partial charge in [-0.2, -0.15) is 5.10 Å². The second-order valence-corrected chi connectivity index (χ2v) is 8.97. The van der Waals surface area contributed by atoms with Crippen LogP contribution < -0.4 is 5.32 Å². The summed E-state index contributed by atoms with van der Waals surface area (Å²) in [7, 11) is 0. The summed E-state index contributed by atoms with van der Waals surface area (Å²) in [6, 6.07) is 10.5. The maximum Gasteiger partial charge on any atom is 0.188 e. The maximum atomic E-state index is 4.78. The van der Waals surface area contributed by atoms with Crippen LogP contribution in [0.3, 0.4) is 0 Å². The van der Waals surface area contributed by atoms with Crippen LogP contribution in [0.15, 0.2) is 48.2 Å². The Kier molecular flexibility index (Phi) is 5.00. The second kappa shape index (κ2) is 7.48. The largest absolute Gasteiger partial charge is 0.316 e. The van der Waals surface area contributed by atoms with Crippen molar-refractivity contribution in [2.45, 2.75) is 46.6 Å². The molecule has 0 spiro atoms. The number of nitrogens with zero attached hydrogens (tertiary/aromatic N) is 5. The zero-order valence-corrected chi connectivity index (χ0v) is 18.3. The summed E-state index contributed by atoms with van der Waals surface area (Å²) < 4.78 is 4.01. The van der Waals surface area contributed by atoms with Crippen LogP contribution in [-0.2, 0) is 12.0 Å². The summed E-state index contributed by atoms with van der Waals surface area (Å²) in [4.78, 5) is 9.06. The summed E-state index contributed by atoms with van der Waals surface area (Å²) in [5.74, 6) is 0.976. The van der Waals surface area contributed by atoms with Crippen molar-refractivity contribution >= 4 is 22.3 Å². The topological polar surface area (TPSA) is 60.6 Å². The lowest BCUT2D eigenvalue weighted by Crippen LogP contribution is -2.12. The van der Waals surface area contributed by atoms with Gasteiger partial charge in [-0.15, -0.1) is 11.3 Å². The number of thiazole rings is 1. The summed E-state index contributed by atoms with van der Waals surface area (Å²) in [5, 5.41) is 11.1. The fraction of sp³-hybridized carbons (Fsp3) is 0.318. The molecule has 7 heteroatoms. The Bertz CT molecular complexity index is 1110. The van der Waals surface area contributed by atoms with Crippen molar-refractivity contribution in [3.05, 3.63) is 59.6 Å². The second-order valence-electron chi connectivity index (χ2n) is 8.11. The molecule has 0 aliphatic carbocycles. The van der Waals surface area contributed by atoms with E-state index in [4.69, 9.17) is 10.1 Å². The molecule has 6 nitrogen and oxygen atoms in total. The van der Waals surface area contributed by atoms with E-state index in [1.54, 1.807) is 11.3 Å². The Morgan fingerprint density at radius 3 is 2.52 bits per heavy atom. The van der Waals surface area contributed by atoms with Gasteiger partial charge >= 0.3 is 0 Å². The first-order valence-corrected chi connectivity index (χ1v) is 10.6. The van der Waals surface area contributed by atoms with Gasteiger partial charge in [-0.1, -0.05) is 32.9 Å². The van der Waals surface area contributed by atoms with Crippen LogP contribution in [0, 0.1) is 6.92 Å². The normalized spacial score (nSPS) is 11.8. The molecule has 0 saturated carbocycles. The quantitative estimate of drug-likeness (QED) is 0.471. The third-order valence-electron chi connectivity index (χ3n) is 4.76. The van der Waals surface area contributed by atoms with Crippen molar-refractivity contribution in [3.8, 4) is 16.9 Å². The van der Waals surface area contributed by atoms with E-state index in [2.05, 4.69) is 73.7 Å². The zero-order valence-electron chi connectivity index (χ0n) is 17.5. The fourth-order valence-electron chi connectivity index (χ4n) is 3.07. The number of rotatable bonds is 5. The summed E-state index contributed by atoms with van der Waals surface area (Å²) in [5.41, 5.74) is 5.23. The number of aryl methyl sites for hydroxylation is 2. The predicted octanol–water partition coefficient (Wildman–Crippen LogP) is 5.56. The van der Waals surface area contributed by atoms with Gasteiger partial charge in [-0.3, -0.25) is 0 Å². The van der Waals surface area contributed by atoms with Gasteiger partial charge in [0, 0.05) is 40.9 Å². The Balaban J connectivity index is 1.54. The highest BCUT2D eigenvalue weighted by atomic mass is 32.1. The van der Waals surface area contributed by atoms with E-state index in [0.717, 1.165) is 45.8 Å². The van der Waals surface area contributed by atoms with Gasteiger partial charge in [0.1, 0.15) is 5.82 Å². The highest BCUT2D eigenvalue weighted by Crippen LogP contribution is 2.30. The maximum absolute atomic E-state index is 4.78. The van der Waals surface area contributed by atoms with Gasteiger partial charge in [0.2, 0.25) is 0 Å². The molecule has 0 aliphatic rings. The number of imidazole rings is 1. The number of hydrogen-bond donors (Lipinski definition) is 1. The molecule has 1 N–H and O–H groups in total. The highest BCUT2D eigenvalue weighted by molar-refractivity contribution is 7.14. The molecule has 1 aromatic carbocycles. The molecule has 0 fully saturated rings.